The van der Waals surface area contributed by atoms with Crippen molar-refractivity contribution in [3.63, 3.8) is 0 Å². The Morgan fingerprint density at radius 2 is 1.77 bits per heavy atom. The minimum atomic E-state index is -1.10. The highest BCUT2D eigenvalue weighted by atomic mass is 35.5. The molecule has 2 bridgehead atoms. The van der Waals surface area contributed by atoms with Gasteiger partial charge in [-0.15, -0.1) is 0 Å². The van der Waals surface area contributed by atoms with Crippen LogP contribution < -0.4 is 4.90 Å². The first-order chi connectivity index (χ1) is 18.8. The molecule has 1 aromatic heterocycles. The number of aromatic nitrogens is 1. The zero-order valence-corrected chi connectivity index (χ0v) is 22.8. The predicted octanol–water partition coefficient (Wildman–Crippen LogP) is 7.86. The smallest absolute Gasteiger partial charge is 0.335 e. The van der Waals surface area contributed by atoms with Crippen LogP contribution in [0.25, 0.3) is 11.3 Å². The van der Waals surface area contributed by atoms with Crippen LogP contribution in [0.5, 0.6) is 0 Å². The molecule has 2 saturated heterocycles. The van der Waals surface area contributed by atoms with E-state index in [2.05, 4.69) is 10.1 Å². The molecule has 7 rings (SSSR count). The summed E-state index contributed by atoms with van der Waals surface area (Å²) in [5.41, 5.74) is 3.21. The number of fused-ring (bicyclic) bond motifs is 2. The van der Waals surface area contributed by atoms with Crippen molar-refractivity contribution >= 4 is 34.9 Å². The highest BCUT2D eigenvalue weighted by molar-refractivity contribution is 6.39. The van der Waals surface area contributed by atoms with Crippen LogP contribution in [-0.4, -0.2) is 34.4 Å². The summed E-state index contributed by atoms with van der Waals surface area (Å²) in [4.78, 5) is 13.8. The zero-order valence-electron chi connectivity index (χ0n) is 21.3. The molecule has 0 unspecified atom stereocenters. The van der Waals surface area contributed by atoms with E-state index in [9.17, 15) is 14.3 Å². The average Bonchev–Trinajstić information content (AvgIpc) is 3.58. The van der Waals surface area contributed by atoms with E-state index in [0.717, 1.165) is 68.8 Å². The van der Waals surface area contributed by atoms with Crippen molar-refractivity contribution < 1.29 is 23.6 Å². The molecule has 9 heteroatoms. The topological polar surface area (TPSA) is 75.8 Å². The summed E-state index contributed by atoms with van der Waals surface area (Å²) in [5, 5.41) is 14.8. The van der Waals surface area contributed by atoms with Crippen LogP contribution in [0.4, 0.5) is 10.1 Å². The fourth-order valence-corrected chi connectivity index (χ4v) is 7.90. The molecule has 39 heavy (non-hydrogen) atoms. The van der Waals surface area contributed by atoms with Gasteiger partial charge in [-0.3, -0.25) is 0 Å². The van der Waals surface area contributed by atoms with E-state index >= 15 is 0 Å². The van der Waals surface area contributed by atoms with E-state index < -0.39 is 11.8 Å². The zero-order chi connectivity index (χ0) is 26.9. The quantitative estimate of drug-likeness (QED) is 0.311. The Morgan fingerprint density at radius 3 is 2.41 bits per heavy atom. The first-order valence-corrected chi connectivity index (χ1v) is 14.4. The normalized spacial score (nSPS) is 27.7. The number of anilines is 1. The molecule has 2 aliphatic carbocycles. The molecule has 3 aromatic rings. The monoisotopic (exact) mass is 570 g/mol. The molecule has 6 nitrogen and oxygen atoms in total. The van der Waals surface area contributed by atoms with Crippen molar-refractivity contribution in [3.8, 4) is 11.3 Å². The largest absolute Gasteiger partial charge is 0.478 e. The SMILES string of the molecule is O=C(O)c1cc(F)cc(N2[C@@H]3CC[C@H]2CC2(CC(OCc4c(-c5c(Cl)cccc5Cl)noc4C4CC4)C2)C3)c1. The number of benzene rings is 2. The van der Waals surface area contributed by atoms with Gasteiger partial charge < -0.3 is 19.3 Å². The highest BCUT2D eigenvalue weighted by Crippen LogP contribution is 2.58. The molecule has 3 heterocycles. The number of hydrogen-bond donors (Lipinski definition) is 1. The molecule has 0 radical (unpaired) electrons. The van der Waals surface area contributed by atoms with Crippen LogP contribution in [0.2, 0.25) is 10.0 Å². The minimum Gasteiger partial charge on any atom is -0.478 e. The van der Waals surface area contributed by atoms with Gasteiger partial charge in [0.25, 0.3) is 0 Å². The summed E-state index contributed by atoms with van der Waals surface area (Å²) < 4.78 is 26.5. The number of carboxylic acid groups (broad SMARTS) is 1. The van der Waals surface area contributed by atoms with Gasteiger partial charge in [0.15, 0.2) is 0 Å². The highest BCUT2D eigenvalue weighted by Gasteiger charge is 2.54. The van der Waals surface area contributed by atoms with E-state index in [0.29, 0.717) is 51.6 Å². The van der Waals surface area contributed by atoms with E-state index in [-0.39, 0.29) is 17.1 Å². The second kappa shape index (κ2) is 9.50. The third-order valence-electron chi connectivity index (χ3n) is 9.14. The molecular formula is C30H29Cl2FN2O4. The predicted molar refractivity (Wildman–Crippen MR) is 146 cm³/mol. The number of rotatable bonds is 7. The Bertz CT molecular complexity index is 1410. The molecule has 2 saturated carbocycles. The first-order valence-electron chi connectivity index (χ1n) is 13.7. The van der Waals surface area contributed by atoms with Crippen molar-refractivity contribution in [2.75, 3.05) is 4.90 Å². The summed E-state index contributed by atoms with van der Waals surface area (Å²) >= 11 is 13.0. The Hall–Kier alpha value is -2.61. The van der Waals surface area contributed by atoms with Gasteiger partial charge >= 0.3 is 5.97 Å². The summed E-state index contributed by atoms with van der Waals surface area (Å²) in [6.45, 7) is 0.410. The average molecular weight is 571 g/mol. The van der Waals surface area contributed by atoms with Crippen molar-refractivity contribution in [1.29, 1.82) is 0 Å². The maximum atomic E-state index is 14.2. The maximum Gasteiger partial charge on any atom is 0.335 e. The van der Waals surface area contributed by atoms with Crippen LogP contribution >= 0.6 is 23.2 Å². The number of hydrogen-bond acceptors (Lipinski definition) is 5. The van der Waals surface area contributed by atoms with Crippen LogP contribution in [0, 0.1) is 11.2 Å². The second-order valence-electron chi connectivity index (χ2n) is 11.8. The van der Waals surface area contributed by atoms with Crippen LogP contribution in [-0.2, 0) is 11.3 Å². The van der Waals surface area contributed by atoms with Crippen molar-refractivity contribution in [1.82, 2.24) is 5.16 Å². The number of aromatic carboxylic acids is 1. The van der Waals surface area contributed by atoms with Gasteiger partial charge in [-0.1, -0.05) is 34.4 Å². The number of carbonyl (C=O) groups is 1. The van der Waals surface area contributed by atoms with Gasteiger partial charge in [0.05, 0.1) is 28.3 Å². The molecule has 2 atom stereocenters. The summed E-state index contributed by atoms with van der Waals surface area (Å²) in [5.74, 6) is -0.341. The Balaban J connectivity index is 1.04. The lowest BCUT2D eigenvalue weighted by Gasteiger charge is -2.55. The minimum absolute atomic E-state index is 0.00135. The fraction of sp³-hybridized carbons (Fsp3) is 0.467. The number of halogens is 3. The fourth-order valence-electron chi connectivity index (χ4n) is 7.32. The van der Waals surface area contributed by atoms with Gasteiger partial charge in [-0.2, -0.15) is 0 Å². The lowest BCUT2D eigenvalue weighted by Crippen LogP contribution is -2.54. The van der Waals surface area contributed by atoms with E-state index in [1.54, 1.807) is 6.07 Å². The summed E-state index contributed by atoms with van der Waals surface area (Å²) in [7, 11) is 0. The number of ether oxygens (including phenoxy) is 1. The van der Waals surface area contributed by atoms with Crippen LogP contribution in [0.3, 0.4) is 0 Å². The molecule has 4 fully saturated rings. The molecule has 4 aliphatic rings. The Labute approximate surface area is 236 Å². The van der Waals surface area contributed by atoms with Gasteiger partial charge in [0, 0.05) is 34.8 Å². The van der Waals surface area contributed by atoms with Crippen LogP contribution in [0.1, 0.15) is 79.0 Å². The van der Waals surface area contributed by atoms with Crippen molar-refractivity contribution in [2.24, 2.45) is 5.41 Å². The second-order valence-corrected chi connectivity index (χ2v) is 12.6. The van der Waals surface area contributed by atoms with E-state index in [1.165, 1.54) is 6.07 Å². The van der Waals surface area contributed by atoms with Gasteiger partial charge in [-0.05, 0) is 87.1 Å². The van der Waals surface area contributed by atoms with Gasteiger partial charge in [-0.25, -0.2) is 9.18 Å². The molecule has 1 N–H and O–H groups in total. The standard InChI is InChI=1S/C30H29Cl2FN2O4/c31-24-2-1-3-25(32)26(24)27-23(28(39-34-27)16-4-5-16)15-38-22-13-30(14-22)11-19-6-7-20(12-30)35(19)21-9-17(29(36)37)8-18(33)10-21/h1-3,8-10,16,19-20,22H,4-7,11-15H2,(H,36,37)/t19-,20+,22?,30?. The summed E-state index contributed by atoms with van der Waals surface area (Å²) in [6.07, 6.45) is 8.43. The van der Waals surface area contributed by atoms with Crippen molar-refractivity contribution in [2.45, 2.75) is 82.1 Å². The lowest BCUT2D eigenvalue weighted by molar-refractivity contribution is -0.103. The van der Waals surface area contributed by atoms with Crippen molar-refractivity contribution in [3.05, 3.63) is 69.1 Å². The van der Waals surface area contributed by atoms with Crippen LogP contribution in [0.15, 0.2) is 40.9 Å². The molecule has 0 amide bonds. The molecule has 204 valence electrons. The molecule has 1 spiro atoms. The third-order valence-corrected chi connectivity index (χ3v) is 9.77. The third kappa shape index (κ3) is 4.52. The number of piperidine rings is 1. The van der Waals surface area contributed by atoms with E-state index in [1.807, 2.05) is 18.2 Å². The Kier molecular flexibility index (Phi) is 6.18. The van der Waals surface area contributed by atoms with Gasteiger partial charge in [0.2, 0.25) is 0 Å². The van der Waals surface area contributed by atoms with E-state index in [4.69, 9.17) is 32.5 Å². The maximum absolute atomic E-state index is 14.2. The lowest BCUT2D eigenvalue weighted by atomic mass is 9.59. The molecular weight excluding hydrogens is 542 g/mol. The first kappa shape index (κ1) is 25.4. The number of nitrogens with zero attached hydrogens (tertiary/aromatic N) is 2. The van der Waals surface area contributed by atoms with Gasteiger partial charge in [0.1, 0.15) is 17.3 Å². The Morgan fingerprint density at radius 1 is 1.08 bits per heavy atom. The molecule has 2 aliphatic heterocycles. The number of carboxylic acids is 1. The molecule has 2 aromatic carbocycles. The summed E-state index contributed by atoms with van der Waals surface area (Å²) in [6, 6.07) is 10.2.